The van der Waals surface area contributed by atoms with E-state index in [1.807, 2.05) is 0 Å². The molecule has 4 unspecified atom stereocenters. The van der Waals surface area contributed by atoms with Gasteiger partial charge < -0.3 is 24.1 Å². The van der Waals surface area contributed by atoms with E-state index in [1.54, 1.807) is 6.07 Å². The first kappa shape index (κ1) is 18.6. The van der Waals surface area contributed by atoms with Crippen molar-refractivity contribution in [2.75, 3.05) is 12.3 Å². The minimum atomic E-state index is -1.91. The summed E-state index contributed by atoms with van der Waals surface area (Å²) in [6, 6.07) is 1.55. The van der Waals surface area contributed by atoms with E-state index in [2.05, 4.69) is 44.3 Å². The first-order valence-corrected chi connectivity index (χ1v) is 15.3. The molecule has 2 aliphatic heterocycles. The molecular weight excluding hydrogens is 358 g/mol. The van der Waals surface area contributed by atoms with Crippen LogP contribution < -0.4 is 16.2 Å². The smallest absolute Gasteiger partial charge is 0.354 e. The Balaban J connectivity index is 2.05. The van der Waals surface area contributed by atoms with Crippen LogP contribution in [0, 0.1) is 0 Å². The van der Waals surface area contributed by atoms with Crippen LogP contribution in [-0.4, -0.2) is 51.1 Å². The number of aromatic nitrogens is 2. The van der Waals surface area contributed by atoms with Crippen molar-refractivity contribution in [1.82, 2.24) is 9.55 Å². The molecule has 2 N–H and O–H groups in total. The molecule has 3 heterocycles. The van der Waals surface area contributed by atoms with Crippen molar-refractivity contribution < 1.29 is 18.3 Å². The Labute approximate surface area is 149 Å². The van der Waals surface area contributed by atoms with Gasteiger partial charge >= 0.3 is 5.69 Å². The lowest BCUT2D eigenvalue weighted by molar-refractivity contribution is -0.0297. The highest BCUT2D eigenvalue weighted by Crippen LogP contribution is 2.40. The van der Waals surface area contributed by atoms with E-state index in [9.17, 15) is 4.79 Å². The summed E-state index contributed by atoms with van der Waals surface area (Å²) >= 11 is 0. The normalized spacial score (nSPS) is 29.0. The highest BCUT2D eigenvalue weighted by Gasteiger charge is 2.52. The van der Waals surface area contributed by atoms with Gasteiger partial charge in [-0.2, -0.15) is 4.98 Å². The molecule has 0 saturated carbocycles. The number of rotatable bonds is 4. The Bertz CT molecular complexity index is 713. The van der Waals surface area contributed by atoms with Crippen molar-refractivity contribution in [2.45, 2.75) is 63.8 Å². The van der Waals surface area contributed by atoms with E-state index in [-0.39, 0.29) is 30.7 Å². The second-order valence-corrected chi connectivity index (χ2v) is 17.4. The van der Waals surface area contributed by atoms with E-state index >= 15 is 0 Å². The quantitative estimate of drug-likeness (QED) is 0.785. The average Bonchev–Trinajstić information content (AvgIpc) is 2.62. The Morgan fingerprint density at radius 1 is 1.16 bits per heavy atom. The number of fused-ring (bicyclic) bond motifs is 4. The molecule has 0 aromatic carbocycles. The van der Waals surface area contributed by atoms with Crippen molar-refractivity contribution in [3.63, 3.8) is 0 Å². The number of nitrogen functional groups attached to an aromatic ring is 1. The largest absolute Gasteiger partial charge is 0.476 e. The fourth-order valence-corrected chi connectivity index (χ4v) is 5.30. The third kappa shape index (κ3) is 3.97. The third-order valence-corrected chi connectivity index (χ3v) is 5.81. The van der Waals surface area contributed by atoms with Gasteiger partial charge in [0.15, 0.2) is 22.9 Å². The molecule has 8 nitrogen and oxygen atoms in total. The predicted octanol–water partition coefficient (Wildman–Crippen LogP) is 1.56. The summed E-state index contributed by atoms with van der Waals surface area (Å²) in [4.78, 5) is 16.3. The van der Waals surface area contributed by atoms with Gasteiger partial charge in [0.2, 0.25) is 5.88 Å². The molecule has 10 heteroatoms. The van der Waals surface area contributed by atoms with E-state index in [0.717, 1.165) is 0 Å². The maximum atomic E-state index is 12.5. The van der Waals surface area contributed by atoms with Crippen molar-refractivity contribution in [3.8, 4) is 5.88 Å². The SMILES string of the molecule is C[Si](C)(C)OC1C2COc3cc(N)nc(=O)n3C(O2)C1O[Si](C)(C)C. The van der Waals surface area contributed by atoms with Gasteiger partial charge in [0.05, 0.1) is 0 Å². The van der Waals surface area contributed by atoms with Crippen molar-refractivity contribution in [1.29, 1.82) is 0 Å². The number of nitrogens with two attached hydrogens (primary N) is 1. The molecule has 140 valence electrons. The fourth-order valence-electron chi connectivity index (χ4n) is 3.13. The number of anilines is 1. The van der Waals surface area contributed by atoms with Gasteiger partial charge in [0.25, 0.3) is 0 Å². The average molecular weight is 386 g/mol. The van der Waals surface area contributed by atoms with Crippen molar-refractivity contribution in [2.24, 2.45) is 0 Å². The van der Waals surface area contributed by atoms with Gasteiger partial charge in [0.1, 0.15) is 30.7 Å². The molecule has 1 fully saturated rings. The highest BCUT2D eigenvalue weighted by atomic mass is 28.4. The summed E-state index contributed by atoms with van der Waals surface area (Å²) in [6.07, 6.45) is -1.59. The maximum Gasteiger partial charge on any atom is 0.354 e. The molecule has 1 aromatic rings. The number of nitrogens with zero attached hydrogens (tertiary/aromatic N) is 2. The van der Waals surface area contributed by atoms with E-state index in [0.29, 0.717) is 5.88 Å². The molecule has 0 spiro atoms. The van der Waals surface area contributed by atoms with E-state index in [1.165, 1.54) is 4.57 Å². The Morgan fingerprint density at radius 3 is 2.36 bits per heavy atom. The molecule has 1 aromatic heterocycles. The minimum Gasteiger partial charge on any atom is -0.476 e. The van der Waals surface area contributed by atoms with Crippen molar-refractivity contribution >= 4 is 22.5 Å². The first-order valence-electron chi connectivity index (χ1n) is 8.47. The van der Waals surface area contributed by atoms with Crippen LogP contribution >= 0.6 is 0 Å². The van der Waals surface area contributed by atoms with Crippen LogP contribution in [0.2, 0.25) is 39.3 Å². The Hall–Kier alpha value is -1.21. The number of hydrogen-bond donors (Lipinski definition) is 1. The minimum absolute atomic E-state index is 0.131. The standard InChI is InChI=1S/C15H27N3O5Si2/c1-24(2,3)22-12-9-8-20-11-7-10(16)17-15(19)18(11)14(21-9)13(12)23-25(4,5)6/h7,9,12-14H,8H2,1-6H3,(H2,16,17,19). The molecule has 3 rings (SSSR count). The molecule has 1 saturated heterocycles. The third-order valence-electron chi connectivity index (χ3n) is 3.85. The number of hydrogen-bond acceptors (Lipinski definition) is 7. The summed E-state index contributed by atoms with van der Waals surface area (Å²) in [7, 11) is -3.76. The second kappa shape index (κ2) is 6.20. The summed E-state index contributed by atoms with van der Waals surface area (Å²) in [5, 5.41) is 0. The van der Waals surface area contributed by atoms with Gasteiger partial charge in [-0.25, -0.2) is 9.36 Å². The van der Waals surface area contributed by atoms with E-state index in [4.69, 9.17) is 24.1 Å². The van der Waals surface area contributed by atoms with Crippen LogP contribution in [0.5, 0.6) is 5.88 Å². The highest BCUT2D eigenvalue weighted by molar-refractivity contribution is 6.70. The molecule has 0 aliphatic carbocycles. The Morgan fingerprint density at radius 2 is 1.76 bits per heavy atom. The van der Waals surface area contributed by atoms with Crippen molar-refractivity contribution in [3.05, 3.63) is 16.6 Å². The number of ether oxygens (including phenoxy) is 2. The molecule has 2 bridgehead atoms. The van der Waals surface area contributed by atoms with Gasteiger partial charge in [-0.3, -0.25) is 0 Å². The van der Waals surface area contributed by atoms with Crippen LogP contribution in [0.4, 0.5) is 5.82 Å². The maximum absolute atomic E-state index is 12.5. The van der Waals surface area contributed by atoms with Crippen LogP contribution in [0.3, 0.4) is 0 Å². The molecule has 0 amide bonds. The van der Waals surface area contributed by atoms with Crippen LogP contribution in [0.1, 0.15) is 6.23 Å². The lowest BCUT2D eigenvalue weighted by atomic mass is 10.1. The van der Waals surface area contributed by atoms with Crippen LogP contribution in [0.25, 0.3) is 0 Å². The summed E-state index contributed by atoms with van der Waals surface area (Å²) in [5.41, 5.74) is 5.19. The van der Waals surface area contributed by atoms with Crippen LogP contribution in [0.15, 0.2) is 10.9 Å². The zero-order chi connectivity index (χ0) is 18.6. The second-order valence-electron chi connectivity index (χ2n) is 8.44. The molecule has 0 radical (unpaired) electrons. The zero-order valence-corrected chi connectivity index (χ0v) is 17.6. The van der Waals surface area contributed by atoms with E-state index < -0.39 is 28.6 Å². The fraction of sp³-hybridized carbons (Fsp3) is 0.733. The van der Waals surface area contributed by atoms with Gasteiger partial charge in [-0.05, 0) is 39.3 Å². The van der Waals surface area contributed by atoms with Gasteiger partial charge in [-0.1, -0.05) is 0 Å². The molecule has 4 atom stereocenters. The monoisotopic (exact) mass is 385 g/mol. The summed E-state index contributed by atoms with van der Waals surface area (Å²) in [5.74, 6) is 0.493. The zero-order valence-electron chi connectivity index (χ0n) is 15.6. The lowest BCUT2D eigenvalue weighted by Crippen LogP contribution is -2.50. The van der Waals surface area contributed by atoms with Crippen LogP contribution in [-0.2, 0) is 13.6 Å². The van der Waals surface area contributed by atoms with Gasteiger partial charge in [-0.15, -0.1) is 0 Å². The molecule has 25 heavy (non-hydrogen) atoms. The Kier molecular flexibility index (Phi) is 4.61. The summed E-state index contributed by atoms with van der Waals surface area (Å²) < 4.78 is 26.1. The lowest BCUT2D eigenvalue weighted by Gasteiger charge is -2.35. The van der Waals surface area contributed by atoms with Gasteiger partial charge in [0, 0.05) is 6.07 Å². The topological polar surface area (TPSA) is 97.8 Å². The first-order chi connectivity index (χ1) is 11.4. The molecular formula is C15H27N3O5Si2. The molecule has 2 aliphatic rings. The predicted molar refractivity (Wildman–Crippen MR) is 98.8 cm³/mol. The summed E-state index contributed by atoms with van der Waals surface area (Å²) in [6.45, 7) is 13.0.